The summed E-state index contributed by atoms with van der Waals surface area (Å²) in [6.45, 7) is 11.4. The Kier molecular flexibility index (Phi) is 22.2. The van der Waals surface area contributed by atoms with Gasteiger partial charge < -0.3 is 34.2 Å². The van der Waals surface area contributed by atoms with Gasteiger partial charge in [-0.25, -0.2) is 0 Å². The minimum atomic E-state index is -0.0196. The van der Waals surface area contributed by atoms with Gasteiger partial charge in [0.15, 0.2) is 0 Å². The number of fused-ring (bicyclic) bond motifs is 6. The molecule has 14 heteroatoms. The zero-order valence-corrected chi connectivity index (χ0v) is 44.7. The van der Waals surface area contributed by atoms with Gasteiger partial charge in [-0.05, 0) is 173 Å². The fraction of sp³-hybridized carbons (Fsp3) is 0.492. The number of rotatable bonds is 8. The van der Waals surface area contributed by atoms with E-state index in [-0.39, 0.29) is 59.7 Å². The Morgan fingerprint density at radius 3 is 1.53 bits per heavy atom. The molecule has 73 heavy (non-hydrogen) atoms. The molecule has 2 aliphatic heterocycles. The van der Waals surface area contributed by atoms with Gasteiger partial charge in [-0.3, -0.25) is 0 Å². The van der Waals surface area contributed by atoms with Crippen molar-refractivity contribution in [3.8, 4) is 35.2 Å². The number of anilines is 2. The van der Waals surface area contributed by atoms with Gasteiger partial charge in [-0.15, -0.1) is 11.8 Å². The topological polar surface area (TPSA) is 142 Å². The molecule has 6 aliphatic rings. The van der Waals surface area contributed by atoms with Gasteiger partial charge in [-0.1, -0.05) is 65.4 Å². The third-order valence-corrected chi connectivity index (χ3v) is 16.3. The first-order chi connectivity index (χ1) is 34.5. The predicted octanol–water partition coefficient (Wildman–Crippen LogP) is 7.72. The molecule has 2 spiro atoms. The second kappa shape index (κ2) is 27.5. The van der Waals surface area contributed by atoms with Crippen molar-refractivity contribution in [2.24, 2.45) is 23.7 Å². The first-order valence-corrected chi connectivity index (χ1v) is 25.7. The molecule has 1 N–H and O–H groups in total. The standard InChI is InChI=1S/C29H34ClNO2.C28H32ClNO2.2CO2.Li.H2O/c1-4-6-27(32-3)24-11-9-22(24)17-31-18-29(19-33-28-13-8-20(2)15-26(28)31)14-5-7-21-16-23(30)10-12-25(21)29;1-3-7-26(31-2)23-13-11-21(23)17-30-18-28(19-32-27-10-5-4-9-25(27)30)15-6-8-20-16-22(29)12-14-24(20)28;2*2-1-3;;/h8,10,12-13,15-16,22,24,27H,5,7,9,11,14,17-19H2,1-3H3;4-5,9-10,12,14,16,21,23,26H,6,8,11,13,15,17-19H2,1-2H3;;;;1H2/q;;;;+1;/p-1/t22-,24+,27-,29-;21-,23+,26-,28-;;;;/m00..../s1. The van der Waals surface area contributed by atoms with E-state index in [1.807, 2.05) is 19.9 Å². The molecule has 0 bridgehead atoms. The Labute approximate surface area is 453 Å². The molecule has 4 aliphatic carbocycles. The second-order valence-corrected chi connectivity index (χ2v) is 20.8. The second-order valence-electron chi connectivity index (χ2n) is 19.9. The van der Waals surface area contributed by atoms with Crippen LogP contribution in [0, 0.1) is 54.3 Å². The summed E-state index contributed by atoms with van der Waals surface area (Å²) in [5, 5.41) is 1.66. The predicted molar refractivity (Wildman–Crippen MR) is 278 cm³/mol. The summed E-state index contributed by atoms with van der Waals surface area (Å²) in [5.41, 5.74) is 9.30. The summed E-state index contributed by atoms with van der Waals surface area (Å²) in [7, 11) is 3.58. The summed E-state index contributed by atoms with van der Waals surface area (Å²) < 4.78 is 24.6. The number of nitrogens with zero attached hydrogens (tertiary/aromatic N) is 2. The van der Waals surface area contributed by atoms with Gasteiger partial charge in [0.1, 0.15) is 23.7 Å². The van der Waals surface area contributed by atoms with Gasteiger partial charge in [0.25, 0.3) is 0 Å². The number of aryl methyl sites for hydroxylation is 3. The minimum Gasteiger partial charge on any atom is -0.870 e. The molecule has 8 atom stereocenters. The Hall–Kier alpha value is -4.98. The van der Waals surface area contributed by atoms with Crippen molar-refractivity contribution in [1.29, 1.82) is 0 Å². The number of hydrogen-bond donors (Lipinski definition) is 0. The quantitative estimate of drug-likeness (QED) is 0.127. The molecule has 0 radical (unpaired) electrons. The third kappa shape index (κ3) is 13.5. The van der Waals surface area contributed by atoms with E-state index in [2.05, 4.69) is 113 Å². The van der Waals surface area contributed by atoms with Crippen LogP contribution in [0.15, 0.2) is 78.9 Å². The number of benzene rings is 4. The fourth-order valence-electron chi connectivity index (χ4n) is 12.3. The first kappa shape index (κ1) is 58.9. The van der Waals surface area contributed by atoms with Gasteiger partial charge in [0.05, 0.1) is 24.6 Å². The summed E-state index contributed by atoms with van der Waals surface area (Å²) in [5.74, 6) is 16.8. The van der Waals surface area contributed by atoms with Gasteiger partial charge in [0, 0.05) is 73.1 Å². The van der Waals surface area contributed by atoms with Crippen LogP contribution in [0.25, 0.3) is 0 Å². The summed E-state index contributed by atoms with van der Waals surface area (Å²) in [6.07, 6.45) is 12.2. The van der Waals surface area contributed by atoms with Crippen molar-refractivity contribution in [3.63, 3.8) is 0 Å². The van der Waals surface area contributed by atoms with E-state index in [0.29, 0.717) is 36.9 Å². The van der Waals surface area contributed by atoms with Crippen molar-refractivity contribution < 1.29 is 62.5 Å². The van der Waals surface area contributed by atoms with Crippen molar-refractivity contribution in [2.75, 3.05) is 63.4 Å². The Bertz CT molecular complexity index is 2670. The van der Waals surface area contributed by atoms with E-state index in [4.69, 9.17) is 61.3 Å². The summed E-state index contributed by atoms with van der Waals surface area (Å²) in [4.78, 5) is 37.7. The van der Waals surface area contributed by atoms with Crippen LogP contribution in [0.1, 0.15) is 93.0 Å². The maximum absolute atomic E-state index is 8.12. The molecule has 0 aromatic heterocycles. The smallest absolute Gasteiger partial charge is 0.870 e. The minimum absolute atomic E-state index is 0. The average molecular weight is 1030 g/mol. The maximum atomic E-state index is 8.12. The maximum Gasteiger partial charge on any atom is 1.00 e. The molecule has 2 heterocycles. The van der Waals surface area contributed by atoms with E-state index in [1.165, 1.54) is 77.7 Å². The van der Waals surface area contributed by atoms with E-state index in [0.717, 1.165) is 73.4 Å². The zero-order valence-electron chi connectivity index (χ0n) is 43.1. The summed E-state index contributed by atoms with van der Waals surface area (Å²) in [6, 6.07) is 28.1. The van der Waals surface area contributed by atoms with Crippen LogP contribution in [-0.2, 0) is 52.3 Å². The van der Waals surface area contributed by atoms with Crippen molar-refractivity contribution in [2.45, 2.75) is 108 Å². The number of methoxy groups -OCH3 is 2. The van der Waals surface area contributed by atoms with Crippen LogP contribution in [0.4, 0.5) is 11.4 Å². The number of hydrogen-bond acceptors (Lipinski definition) is 11. The molecule has 4 aromatic rings. The van der Waals surface area contributed by atoms with Crippen LogP contribution in [0.3, 0.4) is 0 Å². The van der Waals surface area contributed by atoms with E-state index in [1.54, 1.807) is 14.2 Å². The average Bonchev–Trinajstić information content (AvgIpc) is 3.60. The molecule has 11 nitrogen and oxygen atoms in total. The molecular formula is C59H67Cl2LiN2O9. The molecule has 0 saturated heterocycles. The van der Waals surface area contributed by atoms with Gasteiger partial charge in [-0.2, -0.15) is 19.2 Å². The molecule has 10 rings (SSSR count). The number of ether oxygens (including phenoxy) is 4. The number of para-hydroxylation sites is 2. The molecule has 382 valence electrons. The Balaban J connectivity index is 0.000000239. The van der Waals surface area contributed by atoms with Crippen LogP contribution < -0.4 is 38.1 Å². The van der Waals surface area contributed by atoms with E-state index in [9.17, 15) is 0 Å². The van der Waals surface area contributed by atoms with E-state index < -0.39 is 0 Å². The van der Waals surface area contributed by atoms with Crippen molar-refractivity contribution in [3.05, 3.63) is 117 Å². The molecule has 4 aromatic carbocycles. The number of carbonyl (C=O) groups excluding carboxylic acids is 4. The Morgan fingerprint density at radius 1 is 0.644 bits per heavy atom. The van der Waals surface area contributed by atoms with Gasteiger partial charge in [0.2, 0.25) is 0 Å². The fourth-order valence-corrected chi connectivity index (χ4v) is 12.7. The van der Waals surface area contributed by atoms with Crippen LogP contribution in [-0.4, -0.2) is 83.6 Å². The molecule has 2 fully saturated rings. The van der Waals surface area contributed by atoms with Crippen molar-refractivity contribution >= 4 is 46.9 Å². The SMILES string of the molecule is CC#C[C@H](OC)[C@@H]1CC[C@H]1CN1C[C@@]2(CCCc3cc(Cl)ccc32)COc2ccc(C)cc21.CC#C[C@H](OC)[C@@H]1CC[C@H]1CN1C[C@@]2(CCCc3cc(Cl)ccc32)COc2ccccc21.O=C=O.O=C=O.[Li+].[OH-]. The zero-order chi connectivity index (χ0) is 50.5. The van der Waals surface area contributed by atoms with Crippen LogP contribution >= 0.6 is 23.2 Å². The molecule has 2 saturated carbocycles. The normalized spacial score (nSPS) is 24.2. The Morgan fingerprint density at radius 2 is 1.10 bits per heavy atom. The van der Waals surface area contributed by atoms with Gasteiger partial charge >= 0.3 is 31.2 Å². The first-order valence-electron chi connectivity index (χ1n) is 24.9. The number of halogens is 2. The van der Waals surface area contributed by atoms with Crippen LogP contribution in [0.2, 0.25) is 10.0 Å². The van der Waals surface area contributed by atoms with Crippen LogP contribution in [0.5, 0.6) is 11.5 Å². The van der Waals surface area contributed by atoms with E-state index >= 15 is 0 Å². The summed E-state index contributed by atoms with van der Waals surface area (Å²) >= 11 is 12.7. The third-order valence-electron chi connectivity index (χ3n) is 15.9. The monoisotopic (exact) mass is 1020 g/mol. The van der Waals surface area contributed by atoms with Crippen molar-refractivity contribution in [1.82, 2.24) is 0 Å². The molecular weight excluding hydrogens is 959 g/mol. The largest absolute Gasteiger partial charge is 1.00 e. The molecule has 0 amide bonds. The molecule has 0 unspecified atom stereocenters.